The van der Waals surface area contributed by atoms with Crippen molar-refractivity contribution in [2.75, 3.05) is 0 Å². The number of rotatable bonds is 4. The Morgan fingerprint density at radius 3 is 2.35 bits per heavy atom. The van der Waals surface area contributed by atoms with Crippen molar-refractivity contribution in [3.05, 3.63) is 77.9 Å². The minimum absolute atomic E-state index is 0.450. The van der Waals surface area contributed by atoms with Gasteiger partial charge in [-0.3, -0.25) is 0 Å². The van der Waals surface area contributed by atoms with Crippen LogP contribution in [0.5, 0.6) is 5.75 Å². The van der Waals surface area contributed by atoms with Crippen LogP contribution in [0.1, 0.15) is 11.1 Å². The van der Waals surface area contributed by atoms with Crippen LogP contribution >= 0.6 is 11.6 Å². The lowest BCUT2D eigenvalue weighted by atomic mass is 10.0. The predicted molar refractivity (Wildman–Crippen MR) is 84.3 cm³/mol. The van der Waals surface area contributed by atoms with Crippen LogP contribution in [0.4, 0.5) is 0 Å². The first-order chi connectivity index (χ1) is 9.88. The Bertz CT molecular complexity index is 707. The zero-order valence-electron chi connectivity index (χ0n) is 11.1. The lowest BCUT2D eigenvalue weighted by Gasteiger charge is -2.12. The SMILES string of the molecule is ClCc1c(OCc2ccccc2)ccc2ccccc12. The fourth-order valence-corrected chi connectivity index (χ4v) is 2.60. The van der Waals surface area contributed by atoms with Crippen molar-refractivity contribution in [2.45, 2.75) is 12.5 Å². The molecule has 0 aliphatic heterocycles. The molecule has 0 aliphatic carbocycles. The molecule has 2 heteroatoms. The highest BCUT2D eigenvalue weighted by Gasteiger charge is 2.07. The molecule has 3 rings (SSSR count). The maximum Gasteiger partial charge on any atom is 0.124 e. The summed E-state index contributed by atoms with van der Waals surface area (Å²) >= 11 is 6.11. The highest BCUT2D eigenvalue weighted by Crippen LogP contribution is 2.30. The van der Waals surface area contributed by atoms with E-state index in [0.29, 0.717) is 12.5 Å². The largest absolute Gasteiger partial charge is 0.489 e. The molecule has 0 amide bonds. The van der Waals surface area contributed by atoms with Gasteiger partial charge in [-0.2, -0.15) is 0 Å². The van der Waals surface area contributed by atoms with Gasteiger partial charge in [-0.15, -0.1) is 11.6 Å². The van der Waals surface area contributed by atoms with Crippen LogP contribution in [-0.4, -0.2) is 0 Å². The molecule has 3 aromatic carbocycles. The first-order valence-corrected chi connectivity index (χ1v) is 7.15. The van der Waals surface area contributed by atoms with Gasteiger partial charge in [0.2, 0.25) is 0 Å². The Labute approximate surface area is 123 Å². The van der Waals surface area contributed by atoms with Gasteiger partial charge in [-0.25, -0.2) is 0 Å². The third-order valence-corrected chi connectivity index (χ3v) is 3.64. The van der Waals surface area contributed by atoms with Gasteiger partial charge in [-0.1, -0.05) is 60.7 Å². The van der Waals surface area contributed by atoms with E-state index in [9.17, 15) is 0 Å². The van der Waals surface area contributed by atoms with Crippen molar-refractivity contribution in [2.24, 2.45) is 0 Å². The van der Waals surface area contributed by atoms with E-state index in [0.717, 1.165) is 22.3 Å². The monoisotopic (exact) mass is 282 g/mol. The molecular weight excluding hydrogens is 268 g/mol. The van der Waals surface area contributed by atoms with Crippen LogP contribution in [0.3, 0.4) is 0 Å². The Hall–Kier alpha value is -1.99. The zero-order chi connectivity index (χ0) is 13.8. The summed E-state index contributed by atoms with van der Waals surface area (Å²) in [6, 6.07) is 22.5. The second kappa shape index (κ2) is 5.98. The standard InChI is InChI=1S/C18H15ClO/c19-12-17-16-9-5-4-8-15(16)10-11-18(17)20-13-14-6-2-1-3-7-14/h1-11H,12-13H2. The predicted octanol–water partition coefficient (Wildman–Crippen LogP) is 5.16. The van der Waals surface area contributed by atoms with E-state index in [4.69, 9.17) is 16.3 Å². The van der Waals surface area contributed by atoms with E-state index in [1.165, 1.54) is 5.39 Å². The summed E-state index contributed by atoms with van der Waals surface area (Å²) in [5, 5.41) is 2.35. The van der Waals surface area contributed by atoms with Gasteiger partial charge >= 0.3 is 0 Å². The molecule has 20 heavy (non-hydrogen) atoms. The molecule has 0 aliphatic rings. The van der Waals surface area contributed by atoms with E-state index in [1.54, 1.807) is 0 Å². The van der Waals surface area contributed by atoms with Crippen LogP contribution < -0.4 is 4.74 Å². The van der Waals surface area contributed by atoms with Crippen molar-refractivity contribution < 1.29 is 4.74 Å². The molecule has 0 unspecified atom stereocenters. The minimum Gasteiger partial charge on any atom is -0.489 e. The molecule has 0 aromatic heterocycles. The van der Waals surface area contributed by atoms with Gasteiger partial charge in [0.15, 0.2) is 0 Å². The highest BCUT2D eigenvalue weighted by molar-refractivity contribution is 6.18. The molecule has 0 spiro atoms. The molecule has 0 fully saturated rings. The maximum atomic E-state index is 6.11. The van der Waals surface area contributed by atoms with Gasteiger partial charge in [0.05, 0.1) is 5.88 Å². The summed E-state index contributed by atoms with van der Waals surface area (Å²) in [6.45, 7) is 0.559. The van der Waals surface area contributed by atoms with E-state index >= 15 is 0 Å². The number of benzene rings is 3. The lowest BCUT2D eigenvalue weighted by molar-refractivity contribution is 0.304. The van der Waals surface area contributed by atoms with Gasteiger partial charge in [0, 0.05) is 5.56 Å². The molecule has 0 atom stereocenters. The summed E-state index contributed by atoms with van der Waals surface area (Å²) in [5.74, 6) is 1.31. The Kier molecular flexibility index (Phi) is 3.89. The topological polar surface area (TPSA) is 9.23 Å². The summed E-state index contributed by atoms with van der Waals surface area (Å²) in [6.07, 6.45) is 0. The molecule has 3 aromatic rings. The highest BCUT2D eigenvalue weighted by atomic mass is 35.5. The first-order valence-electron chi connectivity index (χ1n) is 6.62. The van der Waals surface area contributed by atoms with Crippen LogP contribution in [0.15, 0.2) is 66.7 Å². The quantitative estimate of drug-likeness (QED) is 0.601. The Morgan fingerprint density at radius 2 is 1.55 bits per heavy atom. The van der Waals surface area contributed by atoms with Gasteiger partial charge in [-0.05, 0) is 22.4 Å². The van der Waals surface area contributed by atoms with E-state index in [-0.39, 0.29) is 0 Å². The summed E-state index contributed by atoms with van der Waals surface area (Å²) in [4.78, 5) is 0. The fraction of sp³-hybridized carbons (Fsp3) is 0.111. The van der Waals surface area contributed by atoms with Crippen molar-refractivity contribution in [3.8, 4) is 5.75 Å². The van der Waals surface area contributed by atoms with Gasteiger partial charge < -0.3 is 4.74 Å². The lowest BCUT2D eigenvalue weighted by Crippen LogP contribution is -1.98. The Morgan fingerprint density at radius 1 is 0.800 bits per heavy atom. The number of fused-ring (bicyclic) bond motifs is 1. The molecule has 0 bridgehead atoms. The molecule has 0 heterocycles. The van der Waals surface area contributed by atoms with Crippen LogP contribution in [0.25, 0.3) is 10.8 Å². The van der Waals surface area contributed by atoms with Crippen molar-refractivity contribution in [3.63, 3.8) is 0 Å². The third kappa shape index (κ3) is 2.63. The number of hydrogen-bond acceptors (Lipinski definition) is 1. The molecule has 0 saturated carbocycles. The average molecular weight is 283 g/mol. The summed E-state index contributed by atoms with van der Waals surface area (Å²) in [7, 11) is 0. The van der Waals surface area contributed by atoms with Crippen LogP contribution in [0, 0.1) is 0 Å². The van der Waals surface area contributed by atoms with Crippen LogP contribution in [0.2, 0.25) is 0 Å². The first kappa shape index (κ1) is 13.0. The number of hydrogen-bond donors (Lipinski definition) is 0. The summed E-state index contributed by atoms with van der Waals surface area (Å²) < 4.78 is 5.94. The average Bonchev–Trinajstić information content (AvgIpc) is 2.53. The number of ether oxygens (including phenoxy) is 1. The maximum absolute atomic E-state index is 6.11. The second-order valence-corrected chi connectivity index (χ2v) is 4.94. The van der Waals surface area contributed by atoms with Crippen molar-refractivity contribution in [1.82, 2.24) is 0 Å². The molecule has 0 saturated heterocycles. The minimum atomic E-state index is 0.450. The van der Waals surface area contributed by atoms with Gasteiger partial charge in [0.25, 0.3) is 0 Å². The van der Waals surface area contributed by atoms with E-state index < -0.39 is 0 Å². The van der Waals surface area contributed by atoms with Crippen molar-refractivity contribution >= 4 is 22.4 Å². The number of alkyl halides is 1. The van der Waals surface area contributed by atoms with Gasteiger partial charge in [0.1, 0.15) is 12.4 Å². The molecular formula is C18H15ClO. The molecule has 0 N–H and O–H groups in total. The normalized spacial score (nSPS) is 10.7. The zero-order valence-corrected chi connectivity index (χ0v) is 11.8. The van der Waals surface area contributed by atoms with E-state index in [2.05, 4.69) is 30.3 Å². The van der Waals surface area contributed by atoms with Crippen LogP contribution in [-0.2, 0) is 12.5 Å². The second-order valence-electron chi connectivity index (χ2n) is 4.67. The van der Waals surface area contributed by atoms with E-state index in [1.807, 2.05) is 36.4 Å². The number of halogens is 1. The Balaban J connectivity index is 1.91. The third-order valence-electron chi connectivity index (χ3n) is 3.37. The molecule has 100 valence electrons. The smallest absolute Gasteiger partial charge is 0.124 e. The summed E-state index contributed by atoms with van der Waals surface area (Å²) in [5.41, 5.74) is 2.21. The molecule has 0 radical (unpaired) electrons. The fourth-order valence-electron chi connectivity index (χ4n) is 2.32. The van der Waals surface area contributed by atoms with Crippen molar-refractivity contribution in [1.29, 1.82) is 0 Å². The molecule has 1 nitrogen and oxygen atoms in total.